The van der Waals surface area contributed by atoms with Crippen molar-refractivity contribution in [3.63, 3.8) is 0 Å². The summed E-state index contributed by atoms with van der Waals surface area (Å²) in [5, 5.41) is 6.49. The second-order valence-electron chi connectivity index (χ2n) is 5.46. The SMILES string of the molecule is COc1cccc(OC)c1Oc1ccc(CNC2=NCCCN2)cn1.I. The minimum Gasteiger partial charge on any atom is -0.493 e. The maximum Gasteiger partial charge on any atom is 0.219 e. The Morgan fingerprint density at radius 2 is 1.88 bits per heavy atom. The van der Waals surface area contributed by atoms with Crippen molar-refractivity contribution in [2.45, 2.75) is 13.0 Å². The van der Waals surface area contributed by atoms with Gasteiger partial charge >= 0.3 is 0 Å². The van der Waals surface area contributed by atoms with Gasteiger partial charge < -0.3 is 24.8 Å². The molecule has 2 N–H and O–H groups in total. The van der Waals surface area contributed by atoms with Crippen LogP contribution in [0.4, 0.5) is 0 Å². The Labute approximate surface area is 170 Å². The van der Waals surface area contributed by atoms with Gasteiger partial charge in [0.25, 0.3) is 0 Å². The number of benzene rings is 1. The molecular weight excluding hydrogens is 447 g/mol. The fraction of sp³-hybridized carbons (Fsp3) is 0.333. The summed E-state index contributed by atoms with van der Waals surface area (Å²) >= 11 is 0. The van der Waals surface area contributed by atoms with Gasteiger partial charge in [0, 0.05) is 31.9 Å². The second-order valence-corrected chi connectivity index (χ2v) is 5.46. The first-order valence-electron chi connectivity index (χ1n) is 8.16. The third-order valence-corrected chi connectivity index (χ3v) is 3.74. The summed E-state index contributed by atoms with van der Waals surface area (Å²) in [5.74, 6) is 3.00. The molecule has 1 aliphatic rings. The van der Waals surface area contributed by atoms with E-state index in [0.29, 0.717) is 29.7 Å². The van der Waals surface area contributed by atoms with Crippen LogP contribution in [0.15, 0.2) is 41.5 Å². The van der Waals surface area contributed by atoms with Gasteiger partial charge in [0.1, 0.15) is 0 Å². The summed E-state index contributed by atoms with van der Waals surface area (Å²) in [6.45, 7) is 2.47. The van der Waals surface area contributed by atoms with Crippen LogP contribution in [0.1, 0.15) is 12.0 Å². The molecule has 0 saturated heterocycles. The third-order valence-electron chi connectivity index (χ3n) is 3.74. The topological polar surface area (TPSA) is 77.0 Å². The number of methoxy groups -OCH3 is 2. The van der Waals surface area contributed by atoms with E-state index in [0.717, 1.165) is 31.0 Å². The number of aromatic nitrogens is 1. The van der Waals surface area contributed by atoms with E-state index in [1.807, 2.05) is 30.3 Å². The van der Waals surface area contributed by atoms with Gasteiger partial charge in [-0.2, -0.15) is 0 Å². The lowest BCUT2D eigenvalue weighted by atomic mass is 10.2. The summed E-state index contributed by atoms with van der Waals surface area (Å²) < 4.78 is 16.5. The Morgan fingerprint density at radius 3 is 2.46 bits per heavy atom. The Bertz CT molecular complexity index is 715. The molecule has 0 bridgehead atoms. The van der Waals surface area contributed by atoms with Gasteiger partial charge in [-0.3, -0.25) is 4.99 Å². The maximum atomic E-state index is 5.85. The largest absolute Gasteiger partial charge is 0.493 e. The number of guanidine groups is 1. The number of hydrogen-bond acceptors (Lipinski definition) is 7. The Morgan fingerprint density at radius 1 is 1.12 bits per heavy atom. The predicted molar refractivity (Wildman–Crippen MR) is 111 cm³/mol. The van der Waals surface area contributed by atoms with E-state index < -0.39 is 0 Å². The van der Waals surface area contributed by atoms with E-state index in [2.05, 4.69) is 20.6 Å². The molecule has 0 atom stereocenters. The van der Waals surface area contributed by atoms with Gasteiger partial charge in [-0.15, -0.1) is 24.0 Å². The van der Waals surface area contributed by atoms with E-state index in [4.69, 9.17) is 14.2 Å². The number of hydrogen-bond donors (Lipinski definition) is 2. The molecule has 1 aliphatic heterocycles. The molecule has 1 aromatic heterocycles. The molecule has 0 saturated carbocycles. The first-order valence-corrected chi connectivity index (χ1v) is 8.16. The van der Waals surface area contributed by atoms with Gasteiger partial charge in [0.2, 0.25) is 11.6 Å². The Kier molecular flexibility index (Phi) is 7.76. The number of aliphatic imine (C=N–C) groups is 1. The molecule has 0 aliphatic carbocycles. The summed E-state index contributed by atoms with van der Waals surface area (Å²) in [6.07, 6.45) is 2.85. The summed E-state index contributed by atoms with van der Waals surface area (Å²) in [5.41, 5.74) is 1.04. The molecule has 0 amide bonds. The standard InChI is InChI=1S/C18H22N4O3.HI/c1-23-14-5-3-6-15(24-2)17(14)25-16-8-7-13(11-21-16)12-22-18-19-9-4-10-20-18;/h3,5-8,11H,4,9-10,12H2,1-2H3,(H2,19,20,22);1H. The molecule has 0 fully saturated rings. The number of para-hydroxylation sites is 1. The Hall–Kier alpha value is -2.23. The van der Waals surface area contributed by atoms with Crippen molar-refractivity contribution in [3.8, 4) is 23.1 Å². The van der Waals surface area contributed by atoms with Crippen molar-refractivity contribution < 1.29 is 14.2 Å². The normalized spacial score (nSPS) is 12.9. The number of ether oxygens (including phenoxy) is 3. The zero-order valence-corrected chi connectivity index (χ0v) is 17.2. The molecule has 0 unspecified atom stereocenters. The number of pyridine rings is 1. The molecule has 0 radical (unpaired) electrons. The van der Waals surface area contributed by atoms with Crippen molar-refractivity contribution in [1.82, 2.24) is 15.6 Å². The van der Waals surface area contributed by atoms with E-state index in [1.165, 1.54) is 0 Å². The molecule has 3 rings (SSSR count). The van der Waals surface area contributed by atoms with Gasteiger partial charge in [-0.25, -0.2) is 4.98 Å². The summed E-state index contributed by atoms with van der Waals surface area (Å²) in [7, 11) is 3.18. The number of rotatable bonds is 6. The highest BCUT2D eigenvalue weighted by Crippen LogP contribution is 2.39. The van der Waals surface area contributed by atoms with E-state index in [1.54, 1.807) is 20.4 Å². The number of halogens is 1. The first kappa shape index (κ1) is 20.1. The zero-order chi connectivity index (χ0) is 17.5. The van der Waals surface area contributed by atoms with Crippen molar-refractivity contribution in [1.29, 1.82) is 0 Å². The average molecular weight is 470 g/mol. The first-order chi connectivity index (χ1) is 12.3. The lowest BCUT2D eigenvalue weighted by Crippen LogP contribution is -2.40. The maximum absolute atomic E-state index is 5.85. The van der Waals surface area contributed by atoms with Crippen LogP contribution >= 0.6 is 24.0 Å². The minimum atomic E-state index is 0. The fourth-order valence-electron chi connectivity index (χ4n) is 2.44. The third kappa shape index (κ3) is 5.13. The van der Waals surface area contributed by atoms with Crippen LogP contribution in [0.3, 0.4) is 0 Å². The van der Waals surface area contributed by atoms with E-state index >= 15 is 0 Å². The zero-order valence-electron chi connectivity index (χ0n) is 14.8. The fourth-order valence-corrected chi connectivity index (χ4v) is 2.44. The number of nitrogens with zero attached hydrogens (tertiary/aromatic N) is 2. The molecule has 8 heteroatoms. The van der Waals surface area contributed by atoms with E-state index in [-0.39, 0.29) is 24.0 Å². The molecule has 1 aromatic carbocycles. The van der Waals surface area contributed by atoms with Crippen LogP contribution in [0.25, 0.3) is 0 Å². The highest BCUT2D eigenvalue weighted by molar-refractivity contribution is 14.0. The molecular formula is C18H23IN4O3. The van der Waals surface area contributed by atoms with Crippen molar-refractivity contribution in [2.75, 3.05) is 27.3 Å². The van der Waals surface area contributed by atoms with Crippen molar-refractivity contribution in [3.05, 3.63) is 42.1 Å². The Balaban J connectivity index is 0.00000243. The molecule has 2 heterocycles. The van der Waals surface area contributed by atoms with Gasteiger partial charge in [-0.1, -0.05) is 12.1 Å². The lowest BCUT2D eigenvalue weighted by molar-refractivity contribution is 0.342. The van der Waals surface area contributed by atoms with Crippen LogP contribution in [-0.2, 0) is 6.54 Å². The van der Waals surface area contributed by atoms with Crippen LogP contribution in [-0.4, -0.2) is 38.3 Å². The van der Waals surface area contributed by atoms with Crippen LogP contribution in [0, 0.1) is 0 Å². The molecule has 140 valence electrons. The molecule has 7 nitrogen and oxygen atoms in total. The van der Waals surface area contributed by atoms with Gasteiger partial charge in [0.05, 0.1) is 14.2 Å². The van der Waals surface area contributed by atoms with Gasteiger partial charge in [-0.05, 0) is 24.1 Å². The van der Waals surface area contributed by atoms with Crippen molar-refractivity contribution >= 4 is 29.9 Å². The second kappa shape index (κ2) is 10.0. The molecule has 2 aromatic rings. The van der Waals surface area contributed by atoms with Crippen LogP contribution < -0.4 is 24.8 Å². The van der Waals surface area contributed by atoms with Gasteiger partial charge in [0.15, 0.2) is 17.5 Å². The predicted octanol–water partition coefficient (Wildman–Crippen LogP) is 2.95. The monoisotopic (exact) mass is 470 g/mol. The smallest absolute Gasteiger partial charge is 0.219 e. The lowest BCUT2D eigenvalue weighted by Gasteiger charge is -2.16. The average Bonchev–Trinajstić information content (AvgIpc) is 2.68. The van der Waals surface area contributed by atoms with Crippen LogP contribution in [0.5, 0.6) is 23.1 Å². The van der Waals surface area contributed by atoms with E-state index in [9.17, 15) is 0 Å². The molecule has 26 heavy (non-hydrogen) atoms. The number of nitrogens with one attached hydrogen (secondary N) is 2. The minimum absolute atomic E-state index is 0. The molecule has 0 spiro atoms. The van der Waals surface area contributed by atoms with Crippen molar-refractivity contribution in [2.24, 2.45) is 4.99 Å². The highest BCUT2D eigenvalue weighted by Gasteiger charge is 2.13. The summed E-state index contributed by atoms with van der Waals surface area (Å²) in [4.78, 5) is 8.73. The van der Waals surface area contributed by atoms with Crippen LogP contribution in [0.2, 0.25) is 0 Å². The highest BCUT2D eigenvalue weighted by atomic mass is 127. The summed E-state index contributed by atoms with van der Waals surface area (Å²) in [6, 6.07) is 9.25. The quantitative estimate of drug-likeness (QED) is 0.633.